The van der Waals surface area contributed by atoms with E-state index in [4.69, 9.17) is 58.0 Å². The summed E-state index contributed by atoms with van der Waals surface area (Å²) in [6, 6.07) is -0.744. The smallest absolute Gasteiger partial charge is 0.413 e. The van der Waals surface area contributed by atoms with Gasteiger partial charge in [0, 0.05) is 129 Å². The van der Waals surface area contributed by atoms with Crippen molar-refractivity contribution in [3.05, 3.63) is 74.9 Å². The van der Waals surface area contributed by atoms with Gasteiger partial charge in [0.2, 0.25) is 6.08 Å². The van der Waals surface area contributed by atoms with Crippen molar-refractivity contribution in [3.63, 3.8) is 0 Å². The Kier molecular flexibility index (Phi) is 72.5. The van der Waals surface area contributed by atoms with E-state index in [-0.39, 0.29) is 172 Å². The fourth-order valence-corrected chi connectivity index (χ4v) is 12.8. The molecule has 756 valence electrons. The minimum Gasteiger partial charge on any atom is -0.466 e. The van der Waals surface area contributed by atoms with Crippen molar-refractivity contribution in [1.29, 1.82) is 0 Å². The minimum absolute atomic E-state index is 0.0298. The molecule has 0 aliphatic rings. The second-order valence-corrected chi connectivity index (χ2v) is 33.0. The summed E-state index contributed by atoms with van der Waals surface area (Å²) in [7, 11) is 0. The fraction of sp³-hybridized carbons (Fsp3) is 0.723. The molecular formula is C94H156N14O26+2. The Morgan fingerprint density at radius 2 is 0.567 bits per heavy atom. The number of unbranched alkanes of at least 4 members (excludes halogenated alkanes) is 26. The molecule has 4 aromatic rings. The lowest BCUT2D eigenvalue weighted by Gasteiger charge is -2.31. The number of ether oxygens (including phenoxy) is 9. The molecule has 1 atom stereocenters. The van der Waals surface area contributed by atoms with Crippen LogP contribution in [0.4, 0.5) is 24.0 Å². The number of aliphatic hydroxyl groups excluding tert-OH is 3. The van der Waals surface area contributed by atoms with Gasteiger partial charge in [-0.3, -0.25) is 47.5 Å². The van der Waals surface area contributed by atoms with Gasteiger partial charge < -0.3 is 84.5 Å². The number of amides is 5. The summed E-state index contributed by atoms with van der Waals surface area (Å²) in [4.78, 5) is 186. The fourth-order valence-electron chi connectivity index (χ4n) is 12.8. The topological polar surface area (TPSA) is 529 Å². The third-order valence-corrected chi connectivity index (χ3v) is 21.6. The summed E-state index contributed by atoms with van der Waals surface area (Å²) >= 11 is 0. The number of carbonyl (C=O) groups excluding carboxylic acids is 14. The van der Waals surface area contributed by atoms with Crippen molar-refractivity contribution >= 4 is 84.1 Å². The standard InChI is InChI=1S/C59H94N10O15.C24H44O9.C11H16N4O2/c1-2-59(44-82-52(72)28-16-11-23-41-79-50(70)26-14-5-3-7-19-31-63-55(75)67-38-35-60-47-67,45-83-53(73)29-17-12-24-42-80-51(71)27-15-6-4-8-20-32-64-56(76)68-39-36-61-48-68)46-84-54(74)30-18-13-25-43-81-58(78)66-34-22-10-9-21-33-65-57(77)69-40-37-62-49-69;1-2-24(18-31-21(28)12-6-3-9-15-25,19-32-22(29)13-7-4-10-16-26)20-33-23(30)14-8-5-11-17-27;16-10-13-5-3-1-2-4-6-14-11(17)15-8-7-12-9-15/h35-40,47-49H,2-34,41-46H2,1H3,(H,63,75)(H,64,76)(H,65,77)(H,66,78);25-27H,2-20H2,1H3;7-9H,1-6H2,(H,14,17)/p+2. The van der Waals surface area contributed by atoms with Gasteiger partial charge in [-0.2, -0.15) is 9.13 Å². The van der Waals surface area contributed by atoms with Gasteiger partial charge in [-0.05, 0) is 161 Å². The van der Waals surface area contributed by atoms with E-state index < -0.39 is 34.8 Å². The van der Waals surface area contributed by atoms with Crippen molar-refractivity contribution in [3.8, 4) is 0 Å². The van der Waals surface area contributed by atoms with Crippen molar-refractivity contribution in [1.82, 2.24) is 54.8 Å². The normalized spacial score (nSPS) is 11.3. The minimum atomic E-state index is -0.997. The number of nitrogens with zero attached hydrogens (tertiary/aromatic N) is 7. The van der Waals surface area contributed by atoms with Gasteiger partial charge in [0.25, 0.3) is 12.7 Å². The molecule has 0 aliphatic carbocycles. The molecule has 4 rings (SSSR count). The van der Waals surface area contributed by atoms with Crippen LogP contribution in [0.5, 0.6) is 0 Å². The van der Waals surface area contributed by atoms with E-state index >= 15 is 0 Å². The molecule has 0 fully saturated rings. The van der Waals surface area contributed by atoms with E-state index in [1.807, 2.05) is 13.8 Å². The van der Waals surface area contributed by atoms with Gasteiger partial charge in [0.1, 0.15) is 77.1 Å². The first-order valence-corrected chi connectivity index (χ1v) is 48.4. The lowest BCUT2D eigenvalue weighted by molar-refractivity contribution is -0.377. The average Bonchev–Trinajstić information content (AvgIpc) is 1.22. The maximum absolute atomic E-state index is 12.9. The summed E-state index contributed by atoms with van der Waals surface area (Å²) in [5.41, 5.74) is -1.83. The molecule has 0 saturated heterocycles. The van der Waals surface area contributed by atoms with Crippen LogP contribution >= 0.6 is 0 Å². The Labute approximate surface area is 788 Å². The molecule has 0 saturated carbocycles. The zero-order chi connectivity index (χ0) is 97.7. The first-order chi connectivity index (χ1) is 65.2. The molecule has 0 radical (unpaired) electrons. The van der Waals surface area contributed by atoms with Gasteiger partial charge in [-0.25, -0.2) is 53.7 Å². The first kappa shape index (κ1) is 119. The molecule has 4 aromatic heterocycles. The van der Waals surface area contributed by atoms with E-state index in [0.29, 0.717) is 161 Å². The van der Waals surface area contributed by atoms with Crippen LogP contribution < -0.4 is 36.6 Å². The number of isocyanates is 1. The van der Waals surface area contributed by atoms with Crippen LogP contribution in [0.15, 0.2) is 79.9 Å². The zero-order valence-electron chi connectivity index (χ0n) is 79.5. The summed E-state index contributed by atoms with van der Waals surface area (Å²) in [5.74, 6) is -3.02. The molecule has 5 amide bonds. The summed E-state index contributed by atoms with van der Waals surface area (Å²) < 4.78 is 55.1. The van der Waals surface area contributed by atoms with Gasteiger partial charge in [-0.1, -0.05) is 97.3 Å². The molecule has 40 heteroatoms. The Morgan fingerprint density at radius 3 is 0.836 bits per heavy atom. The molecule has 0 aromatic carbocycles. The number of carbonyl (C=O) groups is 13. The van der Waals surface area contributed by atoms with Crippen molar-refractivity contribution in [2.45, 2.75) is 309 Å². The Bertz CT molecular complexity index is 3480. The van der Waals surface area contributed by atoms with E-state index in [9.17, 15) is 67.1 Å². The number of imidazole rings is 4. The van der Waals surface area contributed by atoms with E-state index in [2.05, 4.69) is 51.5 Å². The third kappa shape index (κ3) is 65.6. The van der Waals surface area contributed by atoms with Crippen LogP contribution in [-0.4, -0.2) is 246 Å². The van der Waals surface area contributed by atoms with E-state index in [1.165, 1.54) is 37.0 Å². The van der Waals surface area contributed by atoms with Crippen LogP contribution in [0.3, 0.4) is 0 Å². The molecule has 4 heterocycles. The number of aromatic nitrogens is 8. The number of hydrogen-bond donors (Lipinski definition) is 8. The number of aliphatic imine (C=N–C) groups is 1. The second-order valence-electron chi connectivity index (χ2n) is 33.0. The Balaban J connectivity index is 0.000000982. The van der Waals surface area contributed by atoms with Crippen LogP contribution in [-0.2, 0) is 85.8 Å². The Hall–Kier alpha value is -11.0. The largest absolute Gasteiger partial charge is 0.466 e. The number of nitrogens with one attached hydrogen (secondary N) is 7. The highest BCUT2D eigenvalue weighted by Gasteiger charge is 2.36. The molecule has 0 bridgehead atoms. The zero-order valence-corrected chi connectivity index (χ0v) is 79.5. The maximum Gasteiger partial charge on any atom is 0.413 e. The molecule has 134 heavy (non-hydrogen) atoms. The van der Waals surface area contributed by atoms with E-state index in [0.717, 1.165) is 135 Å². The van der Waals surface area contributed by atoms with E-state index in [1.54, 1.807) is 62.2 Å². The number of H-pyrrole nitrogens is 2. The second kappa shape index (κ2) is 81.6. The molecular weight excluding hydrogens is 1740 g/mol. The molecule has 0 aliphatic heterocycles. The SMILES string of the molecule is CCC(COC(=O)CCCCCO)(COC(=O)CCCCCO)COC(=O)CCCCCO.CCC(COC(=O)CCCCCOC(=O)CCCCCCCNC(=O)n1ccnc1)(COC(=O)CCCCCOC(=O)CCCCCCCNC(=O)n1cc[nH+]c1)COC(=O)CCCCCOC(=O)NCCCCCCNC(=O)n1cc[nH+]c1.O=C=NCCCCCCNC(=O)n1ccnc1. The highest BCUT2D eigenvalue weighted by molar-refractivity contribution is 5.78. The quantitative estimate of drug-likeness (QED) is 0.00669. The van der Waals surface area contributed by atoms with Crippen LogP contribution in [0, 0.1) is 10.8 Å². The number of hydrogen-bond acceptors (Lipinski definition) is 29. The average molecular weight is 1900 g/mol. The summed E-state index contributed by atoms with van der Waals surface area (Å²) in [6.07, 6.45) is 49.5. The number of esters is 8. The summed E-state index contributed by atoms with van der Waals surface area (Å²) in [6.45, 7) is 7.53. The number of rotatable bonds is 77. The number of aliphatic hydroxyl groups is 3. The molecule has 1 unspecified atom stereocenters. The van der Waals surface area contributed by atoms with Gasteiger partial charge in [0.15, 0.2) is 0 Å². The predicted octanol–water partition coefficient (Wildman–Crippen LogP) is 12.0. The molecule has 10 N–H and O–H groups in total. The number of alkyl carbamates (subject to hydrolysis) is 1. The van der Waals surface area contributed by atoms with Crippen molar-refractivity contribution in [2.24, 2.45) is 15.8 Å². The van der Waals surface area contributed by atoms with Gasteiger partial charge in [0.05, 0.1) is 37.2 Å². The predicted molar refractivity (Wildman–Crippen MR) is 491 cm³/mol. The summed E-state index contributed by atoms with van der Waals surface area (Å²) in [5, 5.41) is 40.5. The third-order valence-electron chi connectivity index (χ3n) is 21.6. The highest BCUT2D eigenvalue weighted by Crippen LogP contribution is 2.28. The lowest BCUT2D eigenvalue weighted by Crippen LogP contribution is -2.39. The van der Waals surface area contributed by atoms with Crippen LogP contribution in [0.1, 0.15) is 309 Å². The maximum atomic E-state index is 12.9. The Morgan fingerprint density at radius 1 is 0.313 bits per heavy atom. The molecule has 40 nitrogen and oxygen atoms in total. The van der Waals surface area contributed by atoms with Crippen LogP contribution in [0.2, 0.25) is 0 Å². The van der Waals surface area contributed by atoms with Gasteiger partial charge in [-0.15, -0.1) is 0 Å². The first-order valence-electron chi connectivity index (χ1n) is 48.4. The van der Waals surface area contributed by atoms with Crippen molar-refractivity contribution < 1.29 is 135 Å². The highest BCUT2D eigenvalue weighted by atomic mass is 16.6. The lowest BCUT2D eigenvalue weighted by atomic mass is 9.88. The molecule has 0 spiro atoms. The monoisotopic (exact) mass is 1900 g/mol. The van der Waals surface area contributed by atoms with Crippen molar-refractivity contribution in [2.75, 3.05) is 119 Å². The number of aromatic amines is 2. The van der Waals surface area contributed by atoms with Gasteiger partial charge >= 0.3 is 78.0 Å². The van der Waals surface area contributed by atoms with Crippen LogP contribution in [0.25, 0.3) is 0 Å².